The molecule has 108 valence electrons. The van der Waals surface area contributed by atoms with Gasteiger partial charge in [-0.05, 0) is 12.0 Å². The minimum absolute atomic E-state index is 0.297. The molecule has 0 radical (unpaired) electrons. The van der Waals surface area contributed by atoms with Crippen LogP contribution in [0, 0.1) is 0 Å². The predicted molar refractivity (Wildman–Crippen MR) is 73.8 cm³/mol. The van der Waals surface area contributed by atoms with Crippen molar-refractivity contribution in [2.24, 2.45) is 0 Å². The van der Waals surface area contributed by atoms with E-state index in [1.807, 2.05) is 30.3 Å². The van der Waals surface area contributed by atoms with Crippen LogP contribution in [-0.2, 0) is 16.0 Å². The Hall–Kier alpha value is -2.08. The van der Waals surface area contributed by atoms with Crippen LogP contribution in [0.25, 0.3) is 0 Å². The van der Waals surface area contributed by atoms with Gasteiger partial charge in [0.25, 0.3) is 0 Å². The molecule has 0 bridgehead atoms. The molecule has 1 saturated heterocycles. The van der Waals surface area contributed by atoms with Gasteiger partial charge in [0.05, 0.1) is 7.11 Å². The van der Waals surface area contributed by atoms with Crippen molar-refractivity contribution in [2.75, 3.05) is 20.2 Å². The number of carbonyl (C=O) groups is 2. The molecule has 1 heterocycles. The van der Waals surface area contributed by atoms with E-state index in [2.05, 4.69) is 10.7 Å². The van der Waals surface area contributed by atoms with Crippen LogP contribution < -0.4 is 10.7 Å². The molecule has 1 fully saturated rings. The molecule has 2 amide bonds. The minimum atomic E-state index is -0.683. The maximum Gasteiger partial charge on any atom is 0.332 e. The highest BCUT2D eigenvalue weighted by Crippen LogP contribution is 2.06. The van der Waals surface area contributed by atoms with E-state index >= 15 is 0 Å². The first kappa shape index (κ1) is 14.3. The minimum Gasteiger partial charge on any atom is -0.467 e. The number of ether oxygens (including phenoxy) is 1. The number of carbonyl (C=O) groups excluding carboxylic acids is 2. The predicted octanol–water partition coefficient (Wildman–Crippen LogP) is 0.691. The van der Waals surface area contributed by atoms with Crippen molar-refractivity contribution in [3.63, 3.8) is 0 Å². The van der Waals surface area contributed by atoms with Gasteiger partial charge in [-0.3, -0.25) is 5.01 Å². The molecular formula is C14H19N3O3. The molecule has 1 aromatic rings. The van der Waals surface area contributed by atoms with E-state index in [1.54, 1.807) is 0 Å². The van der Waals surface area contributed by atoms with Gasteiger partial charge in [-0.2, -0.15) is 0 Å². The zero-order valence-electron chi connectivity index (χ0n) is 11.5. The number of hydrazine groups is 1. The summed E-state index contributed by atoms with van der Waals surface area (Å²) in [5, 5.41) is 4.20. The number of methoxy groups -OCH3 is 1. The number of nitrogens with zero attached hydrogens (tertiary/aromatic N) is 1. The molecule has 1 aliphatic heterocycles. The largest absolute Gasteiger partial charge is 0.467 e. The zero-order chi connectivity index (χ0) is 14.4. The fourth-order valence-corrected chi connectivity index (χ4v) is 2.12. The van der Waals surface area contributed by atoms with Crippen LogP contribution in [-0.4, -0.2) is 43.3 Å². The summed E-state index contributed by atoms with van der Waals surface area (Å²) in [6.45, 7) is 1.42. The van der Waals surface area contributed by atoms with E-state index < -0.39 is 12.0 Å². The van der Waals surface area contributed by atoms with E-state index in [4.69, 9.17) is 4.74 Å². The Balaban J connectivity index is 2.00. The van der Waals surface area contributed by atoms with Crippen LogP contribution in [0.3, 0.4) is 0 Å². The number of urea groups is 1. The Kier molecular flexibility index (Phi) is 4.95. The Labute approximate surface area is 118 Å². The molecule has 0 aliphatic carbocycles. The van der Waals surface area contributed by atoms with Gasteiger partial charge in [-0.25, -0.2) is 15.0 Å². The van der Waals surface area contributed by atoms with Crippen LogP contribution >= 0.6 is 0 Å². The summed E-state index contributed by atoms with van der Waals surface area (Å²) in [4.78, 5) is 23.8. The molecule has 1 aromatic carbocycles. The summed E-state index contributed by atoms with van der Waals surface area (Å²) >= 11 is 0. The lowest BCUT2D eigenvalue weighted by molar-refractivity contribution is -0.142. The number of benzene rings is 1. The van der Waals surface area contributed by atoms with E-state index in [-0.39, 0.29) is 6.03 Å². The average Bonchev–Trinajstić information content (AvgIpc) is 3.01. The van der Waals surface area contributed by atoms with Gasteiger partial charge in [0.1, 0.15) is 6.04 Å². The molecule has 6 heteroatoms. The van der Waals surface area contributed by atoms with Gasteiger partial charge in [-0.15, -0.1) is 0 Å². The average molecular weight is 277 g/mol. The van der Waals surface area contributed by atoms with Crippen LogP contribution in [0.5, 0.6) is 0 Å². The molecule has 2 rings (SSSR count). The van der Waals surface area contributed by atoms with Crippen molar-refractivity contribution in [3.05, 3.63) is 35.9 Å². The first-order chi connectivity index (χ1) is 9.70. The van der Waals surface area contributed by atoms with Crippen molar-refractivity contribution >= 4 is 12.0 Å². The lowest BCUT2D eigenvalue weighted by Gasteiger charge is -2.21. The third kappa shape index (κ3) is 3.71. The van der Waals surface area contributed by atoms with Crippen molar-refractivity contribution in [3.8, 4) is 0 Å². The lowest BCUT2D eigenvalue weighted by Crippen LogP contribution is -2.51. The molecule has 0 unspecified atom stereocenters. The Morgan fingerprint density at radius 3 is 2.75 bits per heavy atom. The first-order valence-electron chi connectivity index (χ1n) is 6.64. The summed E-state index contributed by atoms with van der Waals surface area (Å²) in [7, 11) is 1.32. The van der Waals surface area contributed by atoms with Gasteiger partial charge in [0.15, 0.2) is 0 Å². The third-order valence-electron chi connectivity index (χ3n) is 3.17. The molecule has 2 N–H and O–H groups in total. The topological polar surface area (TPSA) is 70.7 Å². The highest BCUT2D eigenvalue weighted by atomic mass is 16.5. The maximum atomic E-state index is 12.0. The van der Waals surface area contributed by atoms with Gasteiger partial charge >= 0.3 is 12.0 Å². The van der Waals surface area contributed by atoms with Gasteiger partial charge in [0.2, 0.25) is 0 Å². The quantitative estimate of drug-likeness (QED) is 0.794. The second-order valence-corrected chi connectivity index (χ2v) is 4.63. The number of amides is 2. The Bertz CT molecular complexity index is 458. The monoisotopic (exact) mass is 277 g/mol. The SMILES string of the molecule is COC(=O)[C@H](Cc1ccccc1)NC(=O)N1CCCN1. The number of esters is 1. The highest BCUT2D eigenvalue weighted by molar-refractivity contribution is 5.83. The van der Waals surface area contributed by atoms with Crippen molar-refractivity contribution in [1.29, 1.82) is 0 Å². The highest BCUT2D eigenvalue weighted by Gasteiger charge is 2.25. The molecule has 1 aliphatic rings. The maximum absolute atomic E-state index is 12.0. The number of rotatable bonds is 4. The molecule has 0 spiro atoms. The molecule has 0 saturated carbocycles. The first-order valence-corrected chi connectivity index (χ1v) is 6.64. The normalized spacial score (nSPS) is 15.8. The standard InChI is InChI=1S/C14H19N3O3/c1-20-13(18)12(10-11-6-3-2-4-7-11)16-14(19)17-9-5-8-15-17/h2-4,6-7,12,15H,5,8-10H2,1H3,(H,16,19)/t12-/m0/s1. The summed E-state index contributed by atoms with van der Waals surface area (Å²) in [6.07, 6.45) is 1.32. The third-order valence-corrected chi connectivity index (χ3v) is 3.17. The Morgan fingerprint density at radius 1 is 1.40 bits per heavy atom. The van der Waals surface area contributed by atoms with E-state index in [9.17, 15) is 9.59 Å². The van der Waals surface area contributed by atoms with Crippen LogP contribution in [0.1, 0.15) is 12.0 Å². The number of hydrogen-bond acceptors (Lipinski definition) is 4. The summed E-state index contributed by atoms with van der Waals surface area (Å²) < 4.78 is 4.76. The van der Waals surface area contributed by atoms with Crippen molar-refractivity contribution in [2.45, 2.75) is 18.9 Å². The van der Waals surface area contributed by atoms with Crippen molar-refractivity contribution in [1.82, 2.24) is 15.8 Å². The molecule has 1 atom stereocenters. The van der Waals surface area contributed by atoms with Crippen LogP contribution in [0.2, 0.25) is 0 Å². The van der Waals surface area contributed by atoms with Gasteiger partial charge < -0.3 is 10.1 Å². The van der Waals surface area contributed by atoms with Gasteiger partial charge in [0, 0.05) is 19.5 Å². The lowest BCUT2D eigenvalue weighted by atomic mass is 10.1. The fourth-order valence-electron chi connectivity index (χ4n) is 2.12. The smallest absolute Gasteiger partial charge is 0.332 e. The van der Waals surface area contributed by atoms with Crippen LogP contribution in [0.4, 0.5) is 4.79 Å². The number of hydrogen-bond donors (Lipinski definition) is 2. The second kappa shape index (κ2) is 6.91. The number of nitrogens with one attached hydrogen (secondary N) is 2. The summed E-state index contributed by atoms with van der Waals surface area (Å²) in [6, 6.07) is 8.54. The van der Waals surface area contributed by atoms with Gasteiger partial charge in [-0.1, -0.05) is 30.3 Å². The summed E-state index contributed by atoms with van der Waals surface area (Å²) in [5.41, 5.74) is 3.92. The summed E-state index contributed by atoms with van der Waals surface area (Å²) in [5.74, 6) is -0.443. The Morgan fingerprint density at radius 2 is 2.15 bits per heavy atom. The van der Waals surface area contributed by atoms with Crippen LogP contribution in [0.15, 0.2) is 30.3 Å². The molecule has 6 nitrogen and oxygen atoms in total. The zero-order valence-corrected chi connectivity index (χ0v) is 11.5. The second-order valence-electron chi connectivity index (χ2n) is 4.63. The van der Waals surface area contributed by atoms with E-state index in [1.165, 1.54) is 12.1 Å². The fraction of sp³-hybridized carbons (Fsp3) is 0.429. The van der Waals surface area contributed by atoms with Crippen molar-refractivity contribution < 1.29 is 14.3 Å². The van der Waals surface area contributed by atoms with E-state index in [0.29, 0.717) is 13.0 Å². The molecular weight excluding hydrogens is 258 g/mol. The molecule has 20 heavy (non-hydrogen) atoms. The van der Waals surface area contributed by atoms with E-state index in [0.717, 1.165) is 18.5 Å². The molecule has 0 aromatic heterocycles.